The molecule has 0 amide bonds. The molecule has 25 heavy (non-hydrogen) atoms. The third-order valence-corrected chi connectivity index (χ3v) is 7.93. The van der Waals surface area contributed by atoms with Crippen molar-refractivity contribution in [2.24, 2.45) is 11.7 Å². The number of nitrogens with two attached hydrogens (primary N) is 1. The summed E-state index contributed by atoms with van der Waals surface area (Å²) in [4.78, 5) is 2.45. The van der Waals surface area contributed by atoms with E-state index in [0.29, 0.717) is 6.42 Å². The number of aromatic nitrogens is 1. The molecule has 0 aliphatic heterocycles. The number of nitrogens with zero attached hydrogens (tertiary/aromatic N) is 1. The van der Waals surface area contributed by atoms with Crippen molar-refractivity contribution in [3.8, 4) is 0 Å². The SMILES string of the molecule is Cc1c(C[C@@H](N)C2CC(F)(F)C2)sc2c(NCc3cccs3)snc12. The summed E-state index contributed by atoms with van der Waals surface area (Å²) >= 11 is 4.90. The van der Waals surface area contributed by atoms with Crippen molar-refractivity contribution in [1.82, 2.24) is 4.37 Å². The Bertz CT molecular complexity index is 861. The molecule has 0 aromatic carbocycles. The summed E-state index contributed by atoms with van der Waals surface area (Å²) in [7, 11) is 0. The number of nitrogens with one attached hydrogen (secondary N) is 1. The van der Waals surface area contributed by atoms with Gasteiger partial charge in [0.25, 0.3) is 0 Å². The third-order valence-electron chi connectivity index (χ3n) is 4.80. The van der Waals surface area contributed by atoms with Crippen molar-refractivity contribution in [1.29, 1.82) is 0 Å². The summed E-state index contributed by atoms with van der Waals surface area (Å²) in [6, 6.07) is 3.95. The summed E-state index contributed by atoms with van der Waals surface area (Å²) in [5.74, 6) is -2.58. The Labute approximate surface area is 157 Å². The van der Waals surface area contributed by atoms with Crippen LogP contribution in [-0.2, 0) is 13.0 Å². The topological polar surface area (TPSA) is 50.9 Å². The van der Waals surface area contributed by atoms with Crippen molar-refractivity contribution in [3.63, 3.8) is 0 Å². The van der Waals surface area contributed by atoms with Crippen LogP contribution in [0.15, 0.2) is 17.5 Å². The first-order valence-electron chi connectivity index (χ1n) is 8.20. The molecule has 8 heteroatoms. The second-order valence-corrected chi connectivity index (χ2v) is 9.58. The van der Waals surface area contributed by atoms with Gasteiger partial charge in [0, 0.05) is 28.6 Å². The molecule has 1 saturated carbocycles. The highest BCUT2D eigenvalue weighted by Crippen LogP contribution is 2.45. The van der Waals surface area contributed by atoms with Crippen molar-refractivity contribution < 1.29 is 8.78 Å². The number of aryl methyl sites for hydroxylation is 1. The van der Waals surface area contributed by atoms with Gasteiger partial charge in [0.1, 0.15) is 10.5 Å². The van der Waals surface area contributed by atoms with Crippen molar-refractivity contribution in [2.75, 3.05) is 5.32 Å². The van der Waals surface area contributed by atoms with E-state index in [0.717, 1.165) is 27.3 Å². The van der Waals surface area contributed by atoms with Gasteiger partial charge in [-0.05, 0) is 47.8 Å². The number of hydrogen-bond donors (Lipinski definition) is 2. The van der Waals surface area contributed by atoms with E-state index in [1.54, 1.807) is 22.7 Å². The molecule has 0 unspecified atom stereocenters. The van der Waals surface area contributed by atoms with E-state index in [9.17, 15) is 8.78 Å². The predicted octanol–water partition coefficient (Wildman–Crippen LogP) is 5.25. The van der Waals surface area contributed by atoms with Gasteiger partial charge in [0.15, 0.2) is 0 Å². The first-order valence-corrected chi connectivity index (χ1v) is 10.7. The predicted molar refractivity (Wildman–Crippen MR) is 103 cm³/mol. The van der Waals surface area contributed by atoms with Crippen LogP contribution in [0.1, 0.15) is 28.2 Å². The fraction of sp³-hybridized carbons (Fsp3) is 0.471. The maximum absolute atomic E-state index is 13.1. The third kappa shape index (κ3) is 3.45. The number of thiophene rings is 2. The zero-order valence-corrected chi connectivity index (χ0v) is 16.2. The molecule has 3 aromatic rings. The van der Waals surface area contributed by atoms with Gasteiger partial charge in [-0.3, -0.25) is 0 Å². The lowest BCUT2D eigenvalue weighted by molar-refractivity contribution is -0.116. The van der Waals surface area contributed by atoms with Gasteiger partial charge < -0.3 is 11.1 Å². The average molecular weight is 400 g/mol. The Morgan fingerprint density at radius 1 is 1.44 bits per heavy atom. The Kier molecular flexibility index (Phi) is 4.56. The minimum Gasteiger partial charge on any atom is -0.370 e. The molecule has 3 heterocycles. The zero-order chi connectivity index (χ0) is 17.6. The lowest BCUT2D eigenvalue weighted by Crippen LogP contribution is -2.46. The molecular formula is C17H19F2N3S3. The number of anilines is 1. The minimum absolute atomic E-state index is 0.0712. The second-order valence-electron chi connectivity index (χ2n) is 6.66. The first-order chi connectivity index (χ1) is 11.9. The molecule has 0 bridgehead atoms. The molecule has 4 rings (SSSR count). The Morgan fingerprint density at radius 2 is 2.24 bits per heavy atom. The van der Waals surface area contributed by atoms with Gasteiger partial charge in [-0.2, -0.15) is 4.37 Å². The van der Waals surface area contributed by atoms with Gasteiger partial charge in [-0.25, -0.2) is 8.78 Å². The average Bonchev–Trinajstić information content (AvgIpc) is 3.23. The normalized spacial score (nSPS) is 18.4. The fourth-order valence-electron chi connectivity index (χ4n) is 3.23. The monoisotopic (exact) mass is 399 g/mol. The molecule has 134 valence electrons. The number of rotatable bonds is 6. The van der Waals surface area contributed by atoms with E-state index in [2.05, 4.69) is 28.1 Å². The Morgan fingerprint density at radius 3 is 2.92 bits per heavy atom. The van der Waals surface area contributed by atoms with E-state index < -0.39 is 5.92 Å². The summed E-state index contributed by atoms with van der Waals surface area (Å²) < 4.78 is 31.9. The number of fused-ring (bicyclic) bond motifs is 1. The van der Waals surface area contributed by atoms with Crippen LogP contribution in [-0.4, -0.2) is 16.3 Å². The maximum atomic E-state index is 13.1. The van der Waals surface area contributed by atoms with Crippen molar-refractivity contribution in [3.05, 3.63) is 32.8 Å². The van der Waals surface area contributed by atoms with Crippen LogP contribution in [0.5, 0.6) is 0 Å². The van der Waals surface area contributed by atoms with Gasteiger partial charge in [0.05, 0.1) is 11.2 Å². The smallest absolute Gasteiger partial charge is 0.248 e. The lowest BCUT2D eigenvalue weighted by Gasteiger charge is -2.38. The molecule has 1 atom stereocenters. The van der Waals surface area contributed by atoms with Crippen LogP contribution in [0, 0.1) is 12.8 Å². The lowest BCUT2D eigenvalue weighted by atomic mass is 9.75. The van der Waals surface area contributed by atoms with Crippen LogP contribution in [0.3, 0.4) is 0 Å². The van der Waals surface area contributed by atoms with Crippen LogP contribution < -0.4 is 11.1 Å². The van der Waals surface area contributed by atoms with E-state index in [4.69, 9.17) is 5.73 Å². The van der Waals surface area contributed by atoms with E-state index >= 15 is 0 Å². The van der Waals surface area contributed by atoms with Gasteiger partial charge in [-0.1, -0.05) is 6.07 Å². The first kappa shape index (κ1) is 17.3. The van der Waals surface area contributed by atoms with E-state index in [1.165, 1.54) is 21.3 Å². The Hall–Kier alpha value is -1.09. The molecule has 3 N–H and O–H groups in total. The molecule has 1 aliphatic carbocycles. The summed E-state index contributed by atoms with van der Waals surface area (Å²) in [6.07, 6.45) is 0.513. The van der Waals surface area contributed by atoms with E-state index in [1.807, 2.05) is 6.07 Å². The standard InChI is InChI=1S/C17H19F2N3S3/c1-9-13(5-12(20)10-6-17(18,19)7-10)24-15-14(9)22-25-16(15)21-8-11-3-2-4-23-11/h2-4,10,12,21H,5-8,20H2,1H3/t12-/m1/s1. The van der Waals surface area contributed by atoms with Crippen LogP contribution >= 0.6 is 34.2 Å². The highest BCUT2D eigenvalue weighted by atomic mass is 32.1. The summed E-state index contributed by atoms with van der Waals surface area (Å²) in [5.41, 5.74) is 8.35. The van der Waals surface area contributed by atoms with E-state index in [-0.39, 0.29) is 24.8 Å². The summed E-state index contributed by atoms with van der Waals surface area (Å²) in [6.45, 7) is 2.84. The second kappa shape index (κ2) is 6.57. The molecule has 0 spiro atoms. The number of halogens is 2. The number of alkyl halides is 2. The molecule has 3 nitrogen and oxygen atoms in total. The largest absolute Gasteiger partial charge is 0.370 e. The molecule has 0 saturated heterocycles. The fourth-order valence-corrected chi connectivity index (χ4v) is 6.12. The van der Waals surface area contributed by atoms with Crippen molar-refractivity contribution in [2.45, 2.75) is 44.7 Å². The minimum atomic E-state index is -2.51. The highest BCUT2D eigenvalue weighted by Gasteiger charge is 2.47. The van der Waals surface area contributed by atoms with Gasteiger partial charge in [-0.15, -0.1) is 22.7 Å². The molecule has 3 aromatic heterocycles. The summed E-state index contributed by atoms with van der Waals surface area (Å²) in [5, 5.41) is 6.61. The highest BCUT2D eigenvalue weighted by molar-refractivity contribution is 7.24. The Balaban J connectivity index is 1.48. The molecule has 0 radical (unpaired) electrons. The molecule has 1 fully saturated rings. The van der Waals surface area contributed by atoms with Crippen LogP contribution in [0.4, 0.5) is 13.8 Å². The molecule has 1 aliphatic rings. The zero-order valence-electron chi connectivity index (χ0n) is 13.7. The van der Waals surface area contributed by atoms with Gasteiger partial charge in [0.2, 0.25) is 5.92 Å². The number of hydrogen-bond acceptors (Lipinski definition) is 6. The quantitative estimate of drug-likeness (QED) is 0.595. The van der Waals surface area contributed by atoms with Crippen molar-refractivity contribution >= 4 is 49.4 Å². The molecular weight excluding hydrogens is 380 g/mol. The van der Waals surface area contributed by atoms with Crippen LogP contribution in [0.2, 0.25) is 0 Å². The van der Waals surface area contributed by atoms with Gasteiger partial charge >= 0.3 is 0 Å². The van der Waals surface area contributed by atoms with Crippen LogP contribution in [0.25, 0.3) is 10.2 Å². The maximum Gasteiger partial charge on any atom is 0.248 e.